The number of rotatable bonds is 4. The van der Waals surface area contributed by atoms with Gasteiger partial charge in [0.2, 0.25) is 0 Å². The molecule has 7 aromatic rings. The van der Waals surface area contributed by atoms with Gasteiger partial charge in [-0.15, -0.1) is 23.8 Å². The maximum absolute atomic E-state index is 8.32. The molecule has 0 fully saturated rings. The van der Waals surface area contributed by atoms with E-state index in [1.54, 1.807) is 17.5 Å². The summed E-state index contributed by atoms with van der Waals surface area (Å²) < 4.78 is 18.2. The Hall–Kier alpha value is -3.09. The summed E-state index contributed by atoms with van der Waals surface area (Å²) in [6.45, 7) is 5.88. The van der Waals surface area contributed by atoms with Crippen LogP contribution in [0.15, 0.2) is 95.7 Å². The molecular weight excluding hydrogens is 785 g/mol. The summed E-state index contributed by atoms with van der Waals surface area (Å²) in [6, 6.07) is 33.1. The van der Waals surface area contributed by atoms with E-state index in [4.69, 9.17) is 5.79 Å². The first-order valence-electron chi connectivity index (χ1n) is 14.7. The fraction of sp³-hybridized carbons (Fsp3) is 0.189. The van der Waals surface area contributed by atoms with Gasteiger partial charge in [-0.2, -0.15) is 11.3 Å². The van der Waals surface area contributed by atoms with Crippen molar-refractivity contribution >= 4 is 60.3 Å². The van der Waals surface area contributed by atoms with Gasteiger partial charge in [0.25, 0.3) is 0 Å². The molecule has 0 saturated carbocycles. The quantitative estimate of drug-likeness (QED) is 0.131. The van der Waals surface area contributed by atoms with Gasteiger partial charge in [-0.05, 0) is 46.8 Å². The Bertz CT molecular complexity index is 2060. The van der Waals surface area contributed by atoms with E-state index in [1.165, 1.54) is 14.7 Å². The summed E-state index contributed by atoms with van der Waals surface area (Å²) in [7, 11) is 0. The van der Waals surface area contributed by atoms with E-state index in [2.05, 4.69) is 76.6 Å². The van der Waals surface area contributed by atoms with Crippen LogP contribution in [0.5, 0.6) is 0 Å². The molecule has 1 radical (unpaired) electrons. The minimum absolute atomic E-state index is 0. The van der Waals surface area contributed by atoms with Crippen molar-refractivity contribution in [3.8, 4) is 22.5 Å². The number of aryl methyl sites for hydroxylation is 1. The maximum atomic E-state index is 8.32. The summed E-state index contributed by atoms with van der Waals surface area (Å²) in [4.78, 5) is 9.10. The monoisotopic (exact) mass is 822 g/mol. The SMILES string of the molecule is [2H]C(C)(C)c1ccnc(-c2[c-]ccc3c2sc2c4cc(C)ccc4oc32)c1.[CH3][Ge]([CH3])([CH3])[c]1ccc(-c2[c-]cccc2)nc1.[Ir]. The predicted octanol–water partition coefficient (Wildman–Crippen LogP) is 10.2. The standard InChI is InChI=1S/C23H18NOS.C14H16GeN.Ir/c1-13(2)15-9-10-24-19(12-15)16-5-4-6-17-21-23(26-22(16)17)18-11-14(3)7-8-20(18)25-21;1-15(2,3)13-9-10-14(16-11-13)12-7-5-4-6-8-12;/h4,6-13H,1-3H3;4-7,9-11H,1-3H3;/q2*-1;/i13D;;. The van der Waals surface area contributed by atoms with E-state index in [-0.39, 0.29) is 20.1 Å². The first-order valence-corrected chi connectivity index (χ1v) is 22.3. The van der Waals surface area contributed by atoms with E-state index in [0.29, 0.717) is 0 Å². The minimum atomic E-state index is -1.72. The zero-order chi connectivity index (χ0) is 30.4. The number of hydrogen-bond donors (Lipinski definition) is 0. The molecule has 0 aliphatic heterocycles. The van der Waals surface area contributed by atoms with Crippen molar-refractivity contribution in [1.82, 2.24) is 9.97 Å². The second-order valence-electron chi connectivity index (χ2n) is 11.8. The number of thiophene rings is 1. The van der Waals surface area contributed by atoms with Crippen LogP contribution in [0, 0.1) is 19.1 Å². The van der Waals surface area contributed by atoms with Crippen LogP contribution in [-0.2, 0) is 20.1 Å². The number of benzene rings is 3. The summed E-state index contributed by atoms with van der Waals surface area (Å²) in [5, 5.41) is 2.25. The van der Waals surface area contributed by atoms with Crippen molar-refractivity contribution in [1.29, 1.82) is 0 Å². The van der Waals surface area contributed by atoms with Gasteiger partial charge in [0.05, 0.1) is 4.70 Å². The molecule has 3 nitrogen and oxygen atoms in total. The Labute approximate surface area is 275 Å². The van der Waals surface area contributed by atoms with Crippen LogP contribution in [0.1, 0.15) is 32.2 Å². The van der Waals surface area contributed by atoms with E-state index in [9.17, 15) is 0 Å². The van der Waals surface area contributed by atoms with Crippen molar-refractivity contribution in [2.45, 2.75) is 43.9 Å². The topological polar surface area (TPSA) is 38.9 Å². The predicted molar refractivity (Wildman–Crippen MR) is 181 cm³/mol. The zero-order valence-corrected chi connectivity index (χ0v) is 30.5. The van der Waals surface area contributed by atoms with E-state index in [0.717, 1.165) is 54.7 Å². The van der Waals surface area contributed by atoms with Crippen molar-refractivity contribution in [3.63, 3.8) is 0 Å². The molecule has 0 atom stereocenters. The number of nitrogens with zero attached hydrogens (tertiary/aromatic N) is 2. The Morgan fingerprint density at radius 1 is 0.860 bits per heavy atom. The summed E-state index contributed by atoms with van der Waals surface area (Å²) in [6.07, 6.45) is 3.82. The second kappa shape index (κ2) is 12.9. The Kier molecular flexibility index (Phi) is 8.97. The Balaban J connectivity index is 0.000000194. The smallest absolute Gasteiger partial charge is 0 e. The third kappa shape index (κ3) is 6.56. The normalized spacial score (nSPS) is 12.1. The van der Waals surface area contributed by atoms with Crippen molar-refractivity contribution < 1.29 is 25.9 Å². The van der Waals surface area contributed by atoms with Gasteiger partial charge in [0, 0.05) is 33.1 Å². The summed E-state index contributed by atoms with van der Waals surface area (Å²) in [5.41, 5.74) is 7.92. The molecule has 0 aliphatic rings. The zero-order valence-electron chi connectivity index (χ0n) is 26.2. The van der Waals surface area contributed by atoms with Gasteiger partial charge in [0.15, 0.2) is 0 Å². The maximum Gasteiger partial charge on any atom is 0 e. The number of pyridine rings is 2. The van der Waals surface area contributed by atoms with Gasteiger partial charge in [-0.25, -0.2) is 0 Å². The van der Waals surface area contributed by atoms with Crippen molar-refractivity contribution in [2.24, 2.45) is 0 Å². The molecule has 4 heterocycles. The van der Waals surface area contributed by atoms with Crippen LogP contribution in [0.3, 0.4) is 0 Å². The number of fused-ring (bicyclic) bond motifs is 5. The van der Waals surface area contributed by atoms with Gasteiger partial charge >= 0.3 is 99.8 Å². The molecular formula is C37H34GeIrN2OS-2. The molecule has 0 amide bonds. The average molecular weight is 821 g/mol. The van der Waals surface area contributed by atoms with Gasteiger partial charge in [-0.3, -0.25) is 0 Å². The molecule has 0 unspecified atom stereocenters. The Morgan fingerprint density at radius 3 is 2.40 bits per heavy atom. The third-order valence-electron chi connectivity index (χ3n) is 7.40. The molecule has 0 saturated heterocycles. The molecule has 3 aromatic carbocycles. The summed E-state index contributed by atoms with van der Waals surface area (Å²) >= 11 is 0.0136. The summed E-state index contributed by atoms with van der Waals surface area (Å²) in [5.74, 6) is 6.48. The fourth-order valence-corrected chi connectivity index (χ4v) is 8.38. The Morgan fingerprint density at radius 2 is 1.70 bits per heavy atom. The molecule has 0 N–H and O–H groups in total. The van der Waals surface area contributed by atoms with Gasteiger partial charge in [-0.1, -0.05) is 37.1 Å². The molecule has 219 valence electrons. The molecule has 6 heteroatoms. The van der Waals surface area contributed by atoms with Crippen LogP contribution >= 0.6 is 11.3 Å². The molecule has 0 bridgehead atoms. The second-order valence-corrected chi connectivity index (χ2v) is 23.5. The van der Waals surface area contributed by atoms with Crippen LogP contribution in [0.4, 0.5) is 0 Å². The van der Waals surface area contributed by atoms with Crippen molar-refractivity contribution in [2.75, 3.05) is 0 Å². The molecule has 4 aromatic heterocycles. The first-order chi connectivity index (χ1) is 20.5. The molecule has 7 rings (SSSR count). The fourth-order valence-electron chi connectivity index (χ4n) is 4.96. The van der Waals surface area contributed by atoms with Gasteiger partial charge < -0.3 is 9.40 Å². The van der Waals surface area contributed by atoms with E-state index in [1.807, 2.05) is 68.6 Å². The largest absolute Gasteiger partial charge is 0 e. The number of aromatic nitrogens is 2. The first kappa shape index (κ1) is 30.0. The van der Waals surface area contributed by atoms with E-state index >= 15 is 0 Å². The van der Waals surface area contributed by atoms with Crippen LogP contribution in [-0.4, -0.2) is 23.2 Å². The van der Waals surface area contributed by atoms with Gasteiger partial charge in [0.1, 0.15) is 11.2 Å². The van der Waals surface area contributed by atoms with Crippen molar-refractivity contribution in [3.05, 3.63) is 115 Å². The average Bonchev–Trinajstić information content (AvgIpc) is 3.53. The number of furan rings is 1. The third-order valence-corrected chi connectivity index (χ3v) is 12.9. The minimum Gasteiger partial charge on any atom is 0 e. The van der Waals surface area contributed by atoms with Crippen LogP contribution in [0.25, 0.3) is 53.9 Å². The molecule has 43 heavy (non-hydrogen) atoms. The van der Waals surface area contributed by atoms with E-state index < -0.39 is 19.2 Å². The molecule has 0 aliphatic carbocycles. The van der Waals surface area contributed by atoms with Crippen LogP contribution < -0.4 is 4.40 Å². The number of hydrogen-bond acceptors (Lipinski definition) is 4. The molecule has 0 spiro atoms. The van der Waals surface area contributed by atoms with Crippen LogP contribution in [0.2, 0.25) is 17.3 Å².